The quantitative estimate of drug-likeness (QED) is 0.454. The van der Waals surface area contributed by atoms with Crippen molar-refractivity contribution in [1.82, 2.24) is 0 Å². The van der Waals surface area contributed by atoms with E-state index in [9.17, 15) is 9.59 Å². The third-order valence-electron chi connectivity index (χ3n) is 4.96. The maximum Gasteiger partial charge on any atom is 0.255 e. The fourth-order valence-corrected chi connectivity index (χ4v) is 3.39. The lowest BCUT2D eigenvalue weighted by Crippen LogP contribution is -2.15. The molecule has 2 N–H and O–H groups in total. The number of carbonyl (C=O) groups is 2. The van der Waals surface area contributed by atoms with Crippen molar-refractivity contribution in [1.29, 1.82) is 0 Å². The van der Waals surface area contributed by atoms with Crippen LogP contribution in [0.1, 0.15) is 15.9 Å². The summed E-state index contributed by atoms with van der Waals surface area (Å²) in [6.07, 6.45) is 0.279. The SMILES string of the molecule is COc1ccccc1NC(=O)c1ccc(NC(=O)Cc2ccc3ccccc3c2)cc1. The highest BCUT2D eigenvalue weighted by atomic mass is 16.5. The molecule has 0 aromatic heterocycles. The predicted molar refractivity (Wildman–Crippen MR) is 124 cm³/mol. The van der Waals surface area contributed by atoms with Gasteiger partial charge < -0.3 is 15.4 Å². The van der Waals surface area contributed by atoms with E-state index in [-0.39, 0.29) is 18.2 Å². The van der Waals surface area contributed by atoms with E-state index in [4.69, 9.17) is 4.74 Å². The zero-order valence-corrected chi connectivity index (χ0v) is 17.1. The summed E-state index contributed by atoms with van der Waals surface area (Å²) in [4.78, 5) is 25.0. The number of carbonyl (C=O) groups excluding carboxylic acids is 2. The smallest absolute Gasteiger partial charge is 0.255 e. The molecule has 154 valence electrons. The molecule has 4 aromatic rings. The molecule has 0 heterocycles. The number of hydrogen-bond donors (Lipinski definition) is 2. The van der Waals surface area contributed by atoms with E-state index < -0.39 is 0 Å². The van der Waals surface area contributed by atoms with Crippen molar-refractivity contribution in [3.05, 3.63) is 102 Å². The zero-order chi connectivity index (χ0) is 21.6. The van der Waals surface area contributed by atoms with E-state index in [1.807, 2.05) is 54.6 Å². The van der Waals surface area contributed by atoms with Crippen LogP contribution in [0, 0.1) is 0 Å². The minimum atomic E-state index is -0.251. The summed E-state index contributed by atoms with van der Waals surface area (Å²) in [6.45, 7) is 0. The Labute approximate surface area is 180 Å². The van der Waals surface area contributed by atoms with Crippen molar-refractivity contribution in [3.63, 3.8) is 0 Å². The van der Waals surface area contributed by atoms with Crippen molar-refractivity contribution in [2.24, 2.45) is 0 Å². The van der Waals surface area contributed by atoms with Crippen LogP contribution in [0.15, 0.2) is 91.0 Å². The molecule has 0 fully saturated rings. The molecule has 4 aromatic carbocycles. The average Bonchev–Trinajstić information content (AvgIpc) is 2.79. The fraction of sp³-hybridized carbons (Fsp3) is 0.0769. The molecule has 0 bridgehead atoms. The van der Waals surface area contributed by atoms with Gasteiger partial charge in [0.25, 0.3) is 5.91 Å². The van der Waals surface area contributed by atoms with Gasteiger partial charge in [-0.1, -0.05) is 54.6 Å². The number of hydrogen-bond acceptors (Lipinski definition) is 3. The number of ether oxygens (including phenoxy) is 1. The van der Waals surface area contributed by atoms with E-state index >= 15 is 0 Å². The second-order valence-electron chi connectivity index (χ2n) is 7.14. The van der Waals surface area contributed by atoms with Gasteiger partial charge in [-0.25, -0.2) is 0 Å². The summed E-state index contributed by atoms with van der Waals surface area (Å²) in [5.41, 5.74) is 2.67. The predicted octanol–water partition coefficient (Wildman–Crippen LogP) is 5.28. The van der Waals surface area contributed by atoms with Crippen LogP contribution in [0.4, 0.5) is 11.4 Å². The van der Waals surface area contributed by atoms with Gasteiger partial charge in [0, 0.05) is 11.3 Å². The molecule has 31 heavy (non-hydrogen) atoms. The fourth-order valence-electron chi connectivity index (χ4n) is 3.39. The second kappa shape index (κ2) is 9.13. The molecule has 0 aliphatic carbocycles. The first-order chi connectivity index (χ1) is 15.1. The summed E-state index contributed by atoms with van der Waals surface area (Å²) in [6, 6.07) is 28.1. The molecular formula is C26H22N2O3. The van der Waals surface area contributed by atoms with Crippen molar-refractivity contribution in [2.75, 3.05) is 17.7 Å². The van der Waals surface area contributed by atoms with E-state index in [0.717, 1.165) is 16.3 Å². The van der Waals surface area contributed by atoms with E-state index in [0.29, 0.717) is 22.7 Å². The molecule has 0 radical (unpaired) electrons. The van der Waals surface area contributed by atoms with Crippen molar-refractivity contribution in [3.8, 4) is 5.75 Å². The Hall–Kier alpha value is -4.12. The molecular weight excluding hydrogens is 388 g/mol. The Balaban J connectivity index is 1.38. The molecule has 0 spiro atoms. The highest BCUT2D eigenvalue weighted by molar-refractivity contribution is 6.05. The highest BCUT2D eigenvalue weighted by Crippen LogP contribution is 2.24. The molecule has 5 nitrogen and oxygen atoms in total. The third-order valence-corrected chi connectivity index (χ3v) is 4.96. The average molecular weight is 410 g/mol. The summed E-state index contributed by atoms with van der Waals surface area (Å²) in [7, 11) is 1.56. The Morgan fingerprint density at radius 2 is 1.48 bits per heavy atom. The Bertz CT molecular complexity index is 1230. The number of nitrogens with one attached hydrogen (secondary N) is 2. The number of rotatable bonds is 6. The van der Waals surface area contributed by atoms with Crippen LogP contribution in [0.25, 0.3) is 10.8 Å². The Morgan fingerprint density at radius 1 is 0.774 bits per heavy atom. The van der Waals surface area contributed by atoms with E-state index in [2.05, 4.69) is 10.6 Å². The van der Waals surface area contributed by atoms with Gasteiger partial charge in [0.15, 0.2) is 0 Å². The van der Waals surface area contributed by atoms with Gasteiger partial charge in [-0.05, 0) is 52.7 Å². The molecule has 2 amide bonds. The molecule has 5 heteroatoms. The Kier molecular flexibility index (Phi) is 5.94. The molecule has 4 rings (SSSR count). The number of methoxy groups -OCH3 is 1. The monoisotopic (exact) mass is 410 g/mol. The third kappa shape index (κ3) is 4.90. The first-order valence-electron chi connectivity index (χ1n) is 9.94. The van der Waals surface area contributed by atoms with Crippen molar-refractivity contribution < 1.29 is 14.3 Å². The van der Waals surface area contributed by atoms with Gasteiger partial charge in [0.05, 0.1) is 19.2 Å². The van der Waals surface area contributed by atoms with Crippen LogP contribution in [-0.4, -0.2) is 18.9 Å². The lowest BCUT2D eigenvalue weighted by atomic mass is 10.0. The van der Waals surface area contributed by atoms with Gasteiger partial charge >= 0.3 is 0 Å². The van der Waals surface area contributed by atoms with Crippen molar-refractivity contribution in [2.45, 2.75) is 6.42 Å². The van der Waals surface area contributed by atoms with Crippen LogP contribution >= 0.6 is 0 Å². The summed E-state index contributed by atoms with van der Waals surface area (Å²) >= 11 is 0. The molecule has 0 aliphatic heterocycles. The van der Waals surface area contributed by atoms with Crippen molar-refractivity contribution >= 4 is 34.0 Å². The standard InChI is InChI=1S/C26H22N2O3/c1-31-24-9-5-4-8-23(24)28-26(30)20-12-14-22(15-13-20)27-25(29)17-18-10-11-19-6-2-3-7-21(19)16-18/h2-16H,17H2,1H3,(H,27,29)(H,28,30). The zero-order valence-electron chi connectivity index (χ0n) is 17.1. The highest BCUT2D eigenvalue weighted by Gasteiger charge is 2.10. The minimum absolute atomic E-state index is 0.110. The lowest BCUT2D eigenvalue weighted by Gasteiger charge is -2.10. The summed E-state index contributed by atoms with van der Waals surface area (Å²) in [5, 5.41) is 7.97. The number of anilines is 2. The van der Waals surface area contributed by atoms with Gasteiger partial charge in [0.2, 0.25) is 5.91 Å². The summed E-state index contributed by atoms with van der Waals surface area (Å²) in [5.74, 6) is 0.230. The lowest BCUT2D eigenvalue weighted by molar-refractivity contribution is -0.115. The number of benzene rings is 4. The van der Waals surface area contributed by atoms with E-state index in [1.54, 1.807) is 43.5 Å². The maximum absolute atomic E-state index is 12.5. The van der Waals surface area contributed by atoms with Gasteiger partial charge in [-0.2, -0.15) is 0 Å². The van der Waals surface area contributed by atoms with Crippen LogP contribution in [0.2, 0.25) is 0 Å². The maximum atomic E-state index is 12.5. The van der Waals surface area contributed by atoms with Crippen LogP contribution < -0.4 is 15.4 Å². The van der Waals surface area contributed by atoms with Gasteiger partial charge in [-0.3, -0.25) is 9.59 Å². The molecule has 0 atom stereocenters. The largest absolute Gasteiger partial charge is 0.495 e. The van der Waals surface area contributed by atoms with Gasteiger partial charge in [-0.15, -0.1) is 0 Å². The normalized spacial score (nSPS) is 10.5. The van der Waals surface area contributed by atoms with Crippen LogP contribution in [0.3, 0.4) is 0 Å². The second-order valence-corrected chi connectivity index (χ2v) is 7.14. The molecule has 0 saturated heterocycles. The molecule has 0 unspecified atom stereocenters. The number of fused-ring (bicyclic) bond motifs is 1. The van der Waals surface area contributed by atoms with Crippen LogP contribution in [0.5, 0.6) is 5.75 Å². The number of amides is 2. The Morgan fingerprint density at radius 3 is 2.26 bits per heavy atom. The first kappa shape index (κ1) is 20.2. The van der Waals surface area contributed by atoms with Gasteiger partial charge in [0.1, 0.15) is 5.75 Å². The molecule has 0 aliphatic rings. The molecule has 0 saturated carbocycles. The van der Waals surface area contributed by atoms with Crippen LogP contribution in [-0.2, 0) is 11.2 Å². The minimum Gasteiger partial charge on any atom is -0.495 e. The number of para-hydroxylation sites is 2. The first-order valence-corrected chi connectivity index (χ1v) is 9.94. The summed E-state index contributed by atoms with van der Waals surface area (Å²) < 4.78 is 5.26. The topological polar surface area (TPSA) is 67.4 Å². The van der Waals surface area contributed by atoms with E-state index in [1.165, 1.54) is 0 Å².